The van der Waals surface area contributed by atoms with Gasteiger partial charge in [0.25, 0.3) is 0 Å². The molecule has 0 radical (unpaired) electrons. The fraction of sp³-hybridized carbons (Fsp3) is 0.692. The maximum Gasteiger partial charge on any atom is 0.0591 e. The van der Waals surface area contributed by atoms with E-state index >= 15 is 0 Å². The molecular formula is C13H24N2S. The molecule has 0 bridgehead atoms. The van der Waals surface area contributed by atoms with E-state index in [0.717, 1.165) is 6.54 Å². The van der Waals surface area contributed by atoms with E-state index in [4.69, 9.17) is 5.73 Å². The minimum absolute atomic E-state index is 0.168. The van der Waals surface area contributed by atoms with Crippen molar-refractivity contribution in [2.45, 2.75) is 39.8 Å². The van der Waals surface area contributed by atoms with E-state index in [0.29, 0.717) is 12.0 Å². The molecule has 0 aliphatic rings. The molecule has 0 saturated heterocycles. The monoisotopic (exact) mass is 240 g/mol. The van der Waals surface area contributed by atoms with Gasteiger partial charge in [-0.15, -0.1) is 11.3 Å². The molecule has 92 valence electrons. The van der Waals surface area contributed by atoms with Crippen molar-refractivity contribution in [2.75, 3.05) is 13.6 Å². The van der Waals surface area contributed by atoms with Crippen molar-refractivity contribution in [3.63, 3.8) is 0 Å². The summed E-state index contributed by atoms with van der Waals surface area (Å²) in [4.78, 5) is 3.80. The van der Waals surface area contributed by atoms with E-state index in [1.807, 2.05) is 11.3 Å². The van der Waals surface area contributed by atoms with Crippen LogP contribution in [0.2, 0.25) is 0 Å². The van der Waals surface area contributed by atoms with Crippen molar-refractivity contribution in [1.29, 1.82) is 0 Å². The van der Waals surface area contributed by atoms with Crippen LogP contribution in [0.3, 0.4) is 0 Å². The summed E-state index contributed by atoms with van der Waals surface area (Å²) in [6.07, 6.45) is 0. The molecule has 3 heteroatoms. The Morgan fingerprint density at radius 2 is 2.00 bits per heavy atom. The number of likely N-dealkylation sites (N-methyl/N-ethyl adjacent to an activating group) is 1. The zero-order chi connectivity index (χ0) is 12.3. The first-order valence-corrected chi connectivity index (χ1v) is 6.81. The van der Waals surface area contributed by atoms with Gasteiger partial charge in [0.2, 0.25) is 0 Å². The van der Waals surface area contributed by atoms with Crippen molar-refractivity contribution in [3.05, 3.63) is 21.9 Å². The number of nitrogens with two attached hydrogens (primary N) is 1. The lowest BCUT2D eigenvalue weighted by Crippen LogP contribution is -2.38. The van der Waals surface area contributed by atoms with E-state index in [1.54, 1.807) is 0 Å². The molecule has 0 aromatic carbocycles. The highest BCUT2D eigenvalue weighted by Crippen LogP contribution is 2.30. The second kappa shape index (κ2) is 5.80. The van der Waals surface area contributed by atoms with E-state index in [1.165, 1.54) is 10.4 Å². The van der Waals surface area contributed by atoms with Gasteiger partial charge in [-0.1, -0.05) is 13.8 Å². The average Bonchev–Trinajstić information content (AvgIpc) is 2.50. The minimum atomic E-state index is 0.168. The van der Waals surface area contributed by atoms with Gasteiger partial charge in [0.05, 0.1) is 6.04 Å². The molecule has 1 rings (SSSR count). The van der Waals surface area contributed by atoms with Crippen LogP contribution in [0.4, 0.5) is 0 Å². The summed E-state index contributed by atoms with van der Waals surface area (Å²) >= 11 is 1.82. The maximum absolute atomic E-state index is 6.14. The third kappa shape index (κ3) is 3.30. The second-order valence-electron chi connectivity index (χ2n) is 5.11. The van der Waals surface area contributed by atoms with E-state index in [-0.39, 0.29) is 6.04 Å². The molecule has 2 nitrogen and oxygen atoms in total. The summed E-state index contributed by atoms with van der Waals surface area (Å²) in [6.45, 7) is 9.85. The summed E-state index contributed by atoms with van der Waals surface area (Å²) in [6, 6.07) is 2.70. The molecule has 0 fully saturated rings. The van der Waals surface area contributed by atoms with E-state index in [2.05, 4.69) is 51.1 Å². The fourth-order valence-corrected chi connectivity index (χ4v) is 3.42. The van der Waals surface area contributed by atoms with Gasteiger partial charge in [0.1, 0.15) is 0 Å². The summed E-state index contributed by atoms with van der Waals surface area (Å²) < 4.78 is 0. The van der Waals surface area contributed by atoms with Crippen molar-refractivity contribution in [3.8, 4) is 0 Å². The van der Waals surface area contributed by atoms with Crippen LogP contribution in [0, 0.1) is 12.8 Å². The molecule has 1 heterocycles. The van der Waals surface area contributed by atoms with Crippen molar-refractivity contribution in [1.82, 2.24) is 4.90 Å². The summed E-state index contributed by atoms with van der Waals surface area (Å²) in [5.74, 6) is 0.673. The van der Waals surface area contributed by atoms with Crippen LogP contribution in [0.1, 0.15) is 37.3 Å². The van der Waals surface area contributed by atoms with Crippen molar-refractivity contribution in [2.24, 2.45) is 11.7 Å². The Hall–Kier alpha value is -0.380. The molecule has 0 saturated carbocycles. The van der Waals surface area contributed by atoms with Crippen LogP contribution >= 0.6 is 11.3 Å². The Morgan fingerprint density at radius 3 is 2.38 bits per heavy atom. The quantitative estimate of drug-likeness (QED) is 0.857. The topological polar surface area (TPSA) is 29.3 Å². The Bertz CT molecular complexity index is 317. The van der Waals surface area contributed by atoms with E-state index in [9.17, 15) is 0 Å². The van der Waals surface area contributed by atoms with E-state index < -0.39 is 0 Å². The highest BCUT2D eigenvalue weighted by atomic mass is 32.1. The number of rotatable bonds is 5. The number of nitrogens with zero attached hydrogens (tertiary/aromatic N) is 1. The normalized spacial score (nSPS) is 15.8. The van der Waals surface area contributed by atoms with Gasteiger partial charge in [-0.25, -0.2) is 0 Å². The maximum atomic E-state index is 6.14. The van der Waals surface area contributed by atoms with Crippen LogP contribution in [-0.2, 0) is 0 Å². The molecule has 1 aromatic rings. The first-order chi connectivity index (χ1) is 7.43. The average molecular weight is 240 g/mol. The molecule has 0 spiro atoms. The lowest BCUT2D eigenvalue weighted by molar-refractivity contribution is 0.199. The molecule has 2 unspecified atom stereocenters. The standard InChI is InChI=1S/C13H24N2S/c1-9(2)8-15(5)12(11(4)14)13-10(3)6-7-16-13/h6-7,9,11-12H,8,14H2,1-5H3. The molecule has 0 amide bonds. The Kier molecular flexibility index (Phi) is 4.96. The van der Waals surface area contributed by atoms with Crippen LogP contribution in [0.25, 0.3) is 0 Å². The highest BCUT2D eigenvalue weighted by Gasteiger charge is 2.24. The van der Waals surface area contributed by atoms with Crippen LogP contribution in [0.15, 0.2) is 11.4 Å². The van der Waals surface area contributed by atoms with Gasteiger partial charge in [0.15, 0.2) is 0 Å². The second-order valence-corrected chi connectivity index (χ2v) is 6.05. The zero-order valence-corrected chi connectivity index (χ0v) is 11.8. The summed E-state index contributed by atoms with van der Waals surface area (Å²) in [7, 11) is 2.17. The first-order valence-electron chi connectivity index (χ1n) is 5.93. The number of thiophene rings is 1. The number of aryl methyl sites for hydroxylation is 1. The van der Waals surface area contributed by atoms with Gasteiger partial charge >= 0.3 is 0 Å². The Morgan fingerprint density at radius 1 is 1.38 bits per heavy atom. The molecule has 16 heavy (non-hydrogen) atoms. The minimum Gasteiger partial charge on any atom is -0.326 e. The molecule has 1 aromatic heterocycles. The highest BCUT2D eigenvalue weighted by molar-refractivity contribution is 7.10. The van der Waals surface area contributed by atoms with Gasteiger partial charge < -0.3 is 5.73 Å². The van der Waals surface area contributed by atoms with Crippen LogP contribution < -0.4 is 5.73 Å². The van der Waals surface area contributed by atoms with Gasteiger partial charge in [-0.2, -0.15) is 0 Å². The molecule has 2 N–H and O–H groups in total. The van der Waals surface area contributed by atoms with Gasteiger partial charge in [-0.05, 0) is 43.8 Å². The van der Waals surface area contributed by atoms with Crippen molar-refractivity contribution < 1.29 is 0 Å². The Labute approximate surface area is 103 Å². The molecule has 2 atom stereocenters. The number of hydrogen-bond acceptors (Lipinski definition) is 3. The van der Waals surface area contributed by atoms with Gasteiger partial charge in [0, 0.05) is 17.5 Å². The zero-order valence-electron chi connectivity index (χ0n) is 11.0. The van der Waals surface area contributed by atoms with Crippen LogP contribution in [0.5, 0.6) is 0 Å². The molecule has 0 aliphatic heterocycles. The third-order valence-corrected chi connectivity index (χ3v) is 3.89. The molecular weight excluding hydrogens is 216 g/mol. The third-order valence-electron chi connectivity index (χ3n) is 2.80. The lowest BCUT2D eigenvalue weighted by atomic mass is 10.0. The Balaban J connectivity index is 2.87. The largest absolute Gasteiger partial charge is 0.326 e. The summed E-state index contributed by atoms with van der Waals surface area (Å²) in [5, 5.41) is 2.16. The lowest BCUT2D eigenvalue weighted by Gasteiger charge is -2.32. The molecule has 0 aliphatic carbocycles. The van der Waals surface area contributed by atoms with Crippen LogP contribution in [-0.4, -0.2) is 24.5 Å². The predicted molar refractivity (Wildman–Crippen MR) is 72.9 cm³/mol. The first kappa shape index (κ1) is 13.7. The predicted octanol–water partition coefficient (Wildman–Crippen LogP) is 3.03. The summed E-state index contributed by atoms with van der Waals surface area (Å²) in [5.41, 5.74) is 7.50. The van der Waals surface area contributed by atoms with Crippen molar-refractivity contribution >= 4 is 11.3 Å². The SMILES string of the molecule is Cc1ccsc1C(C(C)N)N(C)CC(C)C. The van der Waals surface area contributed by atoms with Gasteiger partial charge in [-0.3, -0.25) is 4.90 Å². The smallest absolute Gasteiger partial charge is 0.0591 e. The number of hydrogen-bond donors (Lipinski definition) is 1. The fourth-order valence-electron chi connectivity index (χ4n) is 2.22.